The van der Waals surface area contributed by atoms with Crippen LogP contribution in [0.2, 0.25) is 0 Å². The van der Waals surface area contributed by atoms with Crippen molar-refractivity contribution in [1.29, 1.82) is 0 Å². The number of hydrogen-bond acceptors (Lipinski definition) is 3. The van der Waals surface area contributed by atoms with Crippen LogP contribution in [0.4, 0.5) is 0 Å². The Morgan fingerprint density at radius 1 is 1.42 bits per heavy atom. The van der Waals surface area contributed by atoms with Crippen LogP contribution in [0.15, 0.2) is 16.7 Å². The fraction of sp³-hybridized carbons (Fsp3) is 0.533. The number of rotatable bonds is 5. The molecular weight excluding hydrogens is 238 g/mol. The Hall–Kier alpha value is -1.55. The van der Waals surface area contributed by atoms with Gasteiger partial charge in [0.15, 0.2) is 0 Å². The highest BCUT2D eigenvalue weighted by Crippen LogP contribution is 2.32. The molecule has 4 nitrogen and oxygen atoms in total. The topological polar surface area (TPSA) is 53.9 Å². The number of imidazole rings is 1. The Morgan fingerprint density at radius 2 is 2.32 bits per heavy atom. The molecule has 2 N–H and O–H groups in total. The van der Waals surface area contributed by atoms with Crippen LogP contribution in [0.1, 0.15) is 37.5 Å². The van der Waals surface area contributed by atoms with Crippen molar-refractivity contribution in [2.24, 2.45) is 0 Å². The first-order valence-corrected chi connectivity index (χ1v) is 7.12. The standard InChI is InChI=1S/C15H21N3O/c1-10(2)16-8-3-4-14-17-12-5-6-13-11(7-9-19-13)15(12)18-14/h7,9-10,16H,3-6,8H2,1-2H3,(H,17,18). The van der Waals surface area contributed by atoms with Gasteiger partial charge in [0.25, 0.3) is 0 Å². The maximum Gasteiger partial charge on any atom is 0.113 e. The minimum Gasteiger partial charge on any atom is -0.469 e. The van der Waals surface area contributed by atoms with E-state index in [1.54, 1.807) is 6.26 Å². The zero-order chi connectivity index (χ0) is 13.2. The highest BCUT2D eigenvalue weighted by Gasteiger charge is 2.22. The fourth-order valence-corrected chi connectivity index (χ4v) is 2.62. The van der Waals surface area contributed by atoms with E-state index in [0.717, 1.165) is 49.5 Å². The molecule has 0 fully saturated rings. The molecule has 2 heterocycles. The van der Waals surface area contributed by atoms with Crippen LogP contribution in [0.5, 0.6) is 0 Å². The van der Waals surface area contributed by atoms with E-state index in [1.165, 1.54) is 11.3 Å². The van der Waals surface area contributed by atoms with Crippen molar-refractivity contribution >= 4 is 0 Å². The highest BCUT2D eigenvalue weighted by atomic mass is 16.3. The molecule has 0 unspecified atom stereocenters. The second-order valence-electron chi connectivity index (χ2n) is 5.48. The Balaban J connectivity index is 1.67. The minimum atomic E-state index is 0.554. The van der Waals surface area contributed by atoms with Crippen molar-refractivity contribution in [3.63, 3.8) is 0 Å². The van der Waals surface area contributed by atoms with Gasteiger partial charge in [-0.1, -0.05) is 13.8 Å². The normalized spacial score (nSPS) is 13.6. The molecule has 1 aliphatic rings. The van der Waals surface area contributed by atoms with E-state index < -0.39 is 0 Å². The molecule has 3 rings (SSSR count). The summed E-state index contributed by atoms with van der Waals surface area (Å²) >= 11 is 0. The van der Waals surface area contributed by atoms with E-state index in [4.69, 9.17) is 9.40 Å². The van der Waals surface area contributed by atoms with Crippen molar-refractivity contribution in [3.8, 4) is 11.3 Å². The molecule has 2 aromatic heterocycles. The molecule has 2 aromatic rings. The minimum absolute atomic E-state index is 0.554. The van der Waals surface area contributed by atoms with E-state index >= 15 is 0 Å². The van der Waals surface area contributed by atoms with E-state index in [-0.39, 0.29) is 0 Å². The largest absolute Gasteiger partial charge is 0.469 e. The number of H-pyrrole nitrogens is 1. The molecule has 19 heavy (non-hydrogen) atoms. The summed E-state index contributed by atoms with van der Waals surface area (Å²) < 4.78 is 5.48. The molecule has 4 heteroatoms. The van der Waals surface area contributed by atoms with Gasteiger partial charge in [-0.2, -0.15) is 0 Å². The van der Waals surface area contributed by atoms with Gasteiger partial charge in [-0.3, -0.25) is 0 Å². The molecular formula is C15H21N3O. The summed E-state index contributed by atoms with van der Waals surface area (Å²) in [5, 5.41) is 3.43. The van der Waals surface area contributed by atoms with E-state index in [2.05, 4.69) is 24.1 Å². The van der Waals surface area contributed by atoms with Gasteiger partial charge in [0, 0.05) is 30.1 Å². The van der Waals surface area contributed by atoms with Gasteiger partial charge in [0.2, 0.25) is 0 Å². The van der Waals surface area contributed by atoms with Crippen molar-refractivity contribution in [3.05, 3.63) is 29.6 Å². The second-order valence-corrected chi connectivity index (χ2v) is 5.48. The average molecular weight is 259 g/mol. The molecule has 0 saturated carbocycles. The van der Waals surface area contributed by atoms with Gasteiger partial charge in [-0.05, 0) is 25.5 Å². The quantitative estimate of drug-likeness (QED) is 0.812. The molecule has 0 bridgehead atoms. The molecule has 0 spiro atoms. The van der Waals surface area contributed by atoms with Crippen molar-refractivity contribution < 1.29 is 4.42 Å². The van der Waals surface area contributed by atoms with E-state index in [0.29, 0.717) is 6.04 Å². The zero-order valence-electron chi connectivity index (χ0n) is 11.6. The molecule has 0 aromatic carbocycles. The number of furan rings is 1. The van der Waals surface area contributed by atoms with Crippen LogP contribution in [0, 0.1) is 0 Å². The summed E-state index contributed by atoms with van der Waals surface area (Å²) in [5.74, 6) is 2.18. The number of aromatic amines is 1. The number of nitrogens with zero attached hydrogens (tertiary/aromatic N) is 1. The average Bonchev–Trinajstić information content (AvgIpc) is 2.99. The highest BCUT2D eigenvalue weighted by molar-refractivity contribution is 5.66. The lowest BCUT2D eigenvalue weighted by Gasteiger charge is -2.08. The van der Waals surface area contributed by atoms with Crippen LogP contribution in [-0.2, 0) is 19.3 Å². The van der Waals surface area contributed by atoms with Crippen molar-refractivity contribution in [2.75, 3.05) is 6.54 Å². The SMILES string of the molecule is CC(C)NCCCc1nc2c([nH]1)CCc1occc1-2. The van der Waals surface area contributed by atoms with Gasteiger partial charge in [0.05, 0.1) is 12.0 Å². The Labute approximate surface area is 113 Å². The number of hydrogen-bond donors (Lipinski definition) is 2. The van der Waals surface area contributed by atoms with Gasteiger partial charge in [-0.25, -0.2) is 4.98 Å². The van der Waals surface area contributed by atoms with Gasteiger partial charge >= 0.3 is 0 Å². The Bertz CT molecular complexity index is 553. The number of nitrogens with one attached hydrogen (secondary N) is 2. The molecule has 1 aliphatic carbocycles. The zero-order valence-corrected chi connectivity index (χ0v) is 11.6. The van der Waals surface area contributed by atoms with Crippen LogP contribution < -0.4 is 5.32 Å². The van der Waals surface area contributed by atoms with Crippen LogP contribution >= 0.6 is 0 Å². The van der Waals surface area contributed by atoms with Crippen LogP contribution in [0.25, 0.3) is 11.3 Å². The summed E-state index contributed by atoms with van der Waals surface area (Å²) in [6, 6.07) is 2.58. The van der Waals surface area contributed by atoms with E-state index in [9.17, 15) is 0 Å². The van der Waals surface area contributed by atoms with Crippen LogP contribution in [0.3, 0.4) is 0 Å². The number of aromatic nitrogens is 2. The summed E-state index contributed by atoms with van der Waals surface area (Å²) in [5.41, 5.74) is 3.53. The molecule has 0 radical (unpaired) electrons. The lowest BCUT2D eigenvalue weighted by atomic mass is 10.00. The summed E-state index contributed by atoms with van der Waals surface area (Å²) in [6.07, 6.45) is 5.86. The van der Waals surface area contributed by atoms with E-state index in [1.807, 2.05) is 6.07 Å². The molecule has 0 saturated heterocycles. The smallest absolute Gasteiger partial charge is 0.113 e. The van der Waals surface area contributed by atoms with Crippen LogP contribution in [-0.4, -0.2) is 22.6 Å². The third-order valence-corrected chi connectivity index (χ3v) is 3.57. The van der Waals surface area contributed by atoms with Gasteiger partial charge in [-0.15, -0.1) is 0 Å². The first kappa shape index (κ1) is 12.5. The Kier molecular flexibility index (Phi) is 3.42. The lowest BCUT2D eigenvalue weighted by molar-refractivity contribution is 0.506. The molecule has 0 aliphatic heterocycles. The van der Waals surface area contributed by atoms with Crippen molar-refractivity contribution in [2.45, 2.75) is 45.6 Å². The monoisotopic (exact) mass is 259 g/mol. The first-order chi connectivity index (χ1) is 9.24. The lowest BCUT2D eigenvalue weighted by Crippen LogP contribution is -2.24. The summed E-state index contributed by atoms with van der Waals surface area (Å²) in [4.78, 5) is 8.21. The summed E-state index contributed by atoms with van der Waals surface area (Å²) in [6.45, 7) is 5.39. The van der Waals surface area contributed by atoms with Gasteiger partial charge < -0.3 is 14.7 Å². The Morgan fingerprint density at radius 3 is 3.16 bits per heavy atom. The predicted molar refractivity (Wildman–Crippen MR) is 75.2 cm³/mol. The maximum atomic E-state index is 5.48. The third-order valence-electron chi connectivity index (χ3n) is 3.57. The fourth-order valence-electron chi connectivity index (χ4n) is 2.62. The van der Waals surface area contributed by atoms with Gasteiger partial charge in [0.1, 0.15) is 11.6 Å². The first-order valence-electron chi connectivity index (χ1n) is 7.12. The molecule has 0 atom stereocenters. The number of aryl methyl sites for hydroxylation is 3. The maximum absolute atomic E-state index is 5.48. The number of fused-ring (bicyclic) bond motifs is 3. The third kappa shape index (κ3) is 2.59. The molecule has 0 amide bonds. The summed E-state index contributed by atoms with van der Waals surface area (Å²) in [7, 11) is 0. The molecule has 102 valence electrons. The van der Waals surface area contributed by atoms with Crippen molar-refractivity contribution in [1.82, 2.24) is 15.3 Å². The second kappa shape index (κ2) is 5.21. The predicted octanol–water partition coefficient (Wildman–Crippen LogP) is 2.70.